The molecule has 4 fully saturated rings. The summed E-state index contributed by atoms with van der Waals surface area (Å²) in [5.41, 5.74) is -1.11. The molecule has 4 saturated heterocycles. The number of piperazine rings is 1. The number of rotatable bonds is 18. The molecule has 11 rings (SSSR count). The highest BCUT2D eigenvalue weighted by molar-refractivity contribution is 6.33. The lowest BCUT2D eigenvalue weighted by molar-refractivity contribution is -0.138. The highest BCUT2D eigenvalue weighted by atomic mass is 35.5. The second-order valence-electron chi connectivity index (χ2n) is 30.0. The third-order valence-corrected chi connectivity index (χ3v) is 21.7. The van der Waals surface area contributed by atoms with E-state index in [4.69, 9.17) is 105 Å². The minimum absolute atomic E-state index is 0.0350. The van der Waals surface area contributed by atoms with Crippen LogP contribution in [0.3, 0.4) is 0 Å². The summed E-state index contributed by atoms with van der Waals surface area (Å²) in [5.74, 6) is 2.08. The molecule has 13 nitrogen and oxygen atoms in total. The Morgan fingerprint density at radius 1 is 0.333 bits per heavy atom. The molecule has 7 aromatic rings. The van der Waals surface area contributed by atoms with Crippen molar-refractivity contribution in [2.75, 3.05) is 150 Å². The van der Waals surface area contributed by atoms with Crippen LogP contribution in [0.25, 0.3) is 0 Å². The molecular formula is C85H100Cl7F21N8O5. The lowest BCUT2D eigenvalue weighted by atomic mass is 10.1. The predicted molar refractivity (Wildman–Crippen MR) is 455 cm³/mol. The summed E-state index contributed by atoms with van der Waals surface area (Å²) in [7, 11) is 8.91. The fourth-order valence-electron chi connectivity index (χ4n) is 12.7. The van der Waals surface area contributed by atoms with Gasteiger partial charge in [-0.3, -0.25) is 9.80 Å². The van der Waals surface area contributed by atoms with Crippen molar-refractivity contribution in [2.24, 2.45) is 0 Å². The summed E-state index contributed by atoms with van der Waals surface area (Å²) in [6, 6.07) is 16.1. The minimum atomic E-state index is -4.44. The maximum atomic E-state index is 12.7. The zero-order valence-electron chi connectivity index (χ0n) is 70.7. The number of likely N-dealkylation sites (N-methyl/N-ethyl adjacent to an activating group) is 1. The van der Waals surface area contributed by atoms with Crippen molar-refractivity contribution in [3.05, 3.63) is 198 Å². The molecular weight excluding hydrogens is 1860 g/mol. The van der Waals surface area contributed by atoms with Crippen molar-refractivity contribution in [3.8, 4) is 28.7 Å². The van der Waals surface area contributed by atoms with E-state index < -0.39 is 82.2 Å². The van der Waals surface area contributed by atoms with Gasteiger partial charge in [-0.25, -0.2) is 0 Å². The highest BCUT2D eigenvalue weighted by Crippen LogP contribution is 2.46. The van der Waals surface area contributed by atoms with E-state index >= 15 is 0 Å². The zero-order valence-corrected chi connectivity index (χ0v) is 76.0. The van der Waals surface area contributed by atoms with Crippen molar-refractivity contribution >= 4 is 92.6 Å². The first-order valence-electron chi connectivity index (χ1n) is 39.2. The second kappa shape index (κ2) is 49.1. The minimum Gasteiger partial charge on any atom is -0.492 e. The van der Waals surface area contributed by atoms with E-state index in [2.05, 4.69) is 31.1 Å². The number of benzene rings is 7. The Morgan fingerprint density at radius 2 is 0.587 bits per heavy atom. The molecule has 126 heavy (non-hydrogen) atoms. The summed E-state index contributed by atoms with van der Waals surface area (Å²) >= 11 is 39.5. The first kappa shape index (κ1) is 110. The maximum absolute atomic E-state index is 12.7. The van der Waals surface area contributed by atoms with Gasteiger partial charge >= 0.3 is 43.2 Å². The largest absolute Gasteiger partial charge is 0.492 e. The summed E-state index contributed by atoms with van der Waals surface area (Å²) in [4.78, 5) is 8.17. The van der Waals surface area contributed by atoms with Crippen LogP contribution in [0, 0.1) is 48.5 Å². The second-order valence-corrected chi connectivity index (χ2v) is 32.9. The van der Waals surface area contributed by atoms with Crippen LogP contribution < -0.4 is 49.9 Å². The number of ether oxygens (including phenoxy) is 5. The van der Waals surface area contributed by atoms with Crippen molar-refractivity contribution in [2.45, 2.75) is 142 Å². The van der Waals surface area contributed by atoms with Crippen LogP contribution >= 0.6 is 81.2 Å². The maximum Gasteiger partial charge on any atom is 0.417 e. The fraction of sp³-hybridized carbons (Fsp3) is 0.506. The Hall–Kier alpha value is -6.54. The number of hydrogen-bond donors (Lipinski definition) is 4. The van der Waals surface area contributed by atoms with Gasteiger partial charge in [0.1, 0.15) is 60.8 Å². The molecule has 0 bridgehead atoms. The van der Waals surface area contributed by atoms with Crippen molar-refractivity contribution in [1.82, 2.24) is 30.7 Å². The Labute approximate surface area is 754 Å². The van der Waals surface area contributed by atoms with Crippen molar-refractivity contribution < 1.29 is 116 Å². The van der Waals surface area contributed by atoms with Crippen LogP contribution in [0.1, 0.15) is 116 Å². The molecule has 0 atom stereocenters. The van der Waals surface area contributed by atoms with E-state index in [0.29, 0.717) is 105 Å². The summed E-state index contributed by atoms with van der Waals surface area (Å²) in [5, 5.41) is 10.2. The quantitative estimate of drug-likeness (QED) is 0.0613. The molecule has 0 radical (unpaired) electrons. The third-order valence-electron chi connectivity index (χ3n) is 19.5. The lowest BCUT2D eigenvalue weighted by Gasteiger charge is -2.27. The average molecular weight is 1960 g/mol. The van der Waals surface area contributed by atoms with E-state index in [0.717, 1.165) is 147 Å². The van der Waals surface area contributed by atoms with Crippen LogP contribution in [-0.4, -0.2) is 167 Å². The molecule has 7 aromatic carbocycles. The normalized spacial score (nSPS) is 15.2. The molecule has 4 heterocycles. The predicted octanol–water partition coefficient (Wildman–Crippen LogP) is 25.7. The zero-order chi connectivity index (χ0) is 94.9. The van der Waals surface area contributed by atoms with Crippen LogP contribution in [0.2, 0.25) is 35.2 Å². The van der Waals surface area contributed by atoms with E-state index in [1.54, 1.807) is 74.5 Å². The summed E-state index contributed by atoms with van der Waals surface area (Å²) in [6.45, 7) is 24.1. The molecule has 41 heteroatoms. The van der Waals surface area contributed by atoms with E-state index in [1.165, 1.54) is 55.3 Å². The van der Waals surface area contributed by atoms with E-state index in [1.807, 2.05) is 19.0 Å². The van der Waals surface area contributed by atoms with Gasteiger partial charge in [0, 0.05) is 78.3 Å². The van der Waals surface area contributed by atoms with Gasteiger partial charge in [0.05, 0.1) is 74.1 Å². The number of alkyl halides is 21. The van der Waals surface area contributed by atoms with Crippen LogP contribution in [0.15, 0.2) is 84.9 Å². The Morgan fingerprint density at radius 3 is 0.881 bits per heavy atom. The molecule has 4 aliphatic heterocycles. The first-order valence-corrected chi connectivity index (χ1v) is 41.9. The van der Waals surface area contributed by atoms with Crippen molar-refractivity contribution in [1.29, 1.82) is 0 Å². The number of piperidine rings is 2. The van der Waals surface area contributed by atoms with Gasteiger partial charge in [-0.15, -0.1) is 0 Å². The SMILES string of the molecule is CNc1cc(Cl)c(C(F)(F)F)cc1C.Cc1cc(C(F)(F)F)c(Cl)cc1N(C)C.Cc1cc(C(F)(F)F)c(Cl)cc1OC1CCNCC1.Cc1cc(C(F)(F)F)c(Cl)cc1OC1CCNCC1.Cc1cc(C(F)(F)F)c(Cl)cc1OCCN(C)C.Cc1cc(C(F)(F)F)c(Cl)cc1OCCN1CCCC1.Cc1cc(C(F)(F)F)c(Cl)cc1OCCN1CCNCC1. The monoisotopic (exact) mass is 1960 g/mol. The number of likely N-dealkylation sites (tertiary alicyclic amines) is 1. The lowest BCUT2D eigenvalue weighted by Crippen LogP contribution is -2.44. The third kappa shape index (κ3) is 36.0. The van der Waals surface area contributed by atoms with Gasteiger partial charge < -0.3 is 54.8 Å². The molecule has 0 aromatic heterocycles. The average Bonchev–Trinajstić information content (AvgIpc) is 1.09. The number of anilines is 2. The van der Waals surface area contributed by atoms with E-state index in [-0.39, 0.29) is 47.4 Å². The molecule has 706 valence electrons. The molecule has 0 amide bonds. The van der Waals surface area contributed by atoms with Gasteiger partial charge in [0.2, 0.25) is 0 Å². The smallest absolute Gasteiger partial charge is 0.417 e. The molecule has 0 aliphatic carbocycles. The summed E-state index contributed by atoms with van der Waals surface area (Å²) < 4.78 is 293. The van der Waals surface area contributed by atoms with Gasteiger partial charge in [0.15, 0.2) is 0 Å². The number of nitrogens with zero attached hydrogens (tertiary/aromatic N) is 4. The van der Waals surface area contributed by atoms with Crippen LogP contribution in [-0.2, 0) is 43.2 Å². The highest BCUT2D eigenvalue weighted by Gasteiger charge is 2.40. The Bertz CT molecular complexity index is 4520. The molecule has 4 aliphatic rings. The molecule has 0 unspecified atom stereocenters. The van der Waals surface area contributed by atoms with Gasteiger partial charge in [-0.05, 0) is 264 Å². The molecule has 4 N–H and O–H groups in total. The number of aryl methyl sites for hydroxylation is 7. The van der Waals surface area contributed by atoms with Gasteiger partial charge in [0.25, 0.3) is 0 Å². The number of nitrogens with one attached hydrogen (secondary N) is 4. The van der Waals surface area contributed by atoms with Crippen LogP contribution in [0.5, 0.6) is 28.7 Å². The standard InChI is InChI=1S/C14H18ClF3N2O.C14H17ClF3NO.2C13H15ClF3NO.C12H15ClF3NO.C10H11ClF3N.C9H9ClF3N/c1-10-8-11(14(16,17)18)12(15)9-13(10)21-7-6-20-4-2-19-3-5-20;1-10-8-11(14(16,17)18)12(15)9-13(10)20-7-6-19-4-2-3-5-19;2*1-8-6-10(13(15,16)17)11(14)7-12(8)19-9-2-4-18-5-3-9;1-8-6-9(12(14,15)16)10(13)7-11(8)18-5-4-17(2)3;1-6-4-7(10(12,13)14)8(11)5-9(6)15(2)3;1-5-3-6(9(11,12)13)7(10)4-8(5)14-2/h8-9,19H,2-7H2,1H3;8-9H,2-7H2,1H3;2*6-7,9,18H,2-5H2,1H3;6-7H,4-5H2,1-3H3;4-5H,1-3H3;3-4,14H,1-2H3. The Kier molecular flexibility index (Phi) is 42.9. The first-order chi connectivity index (χ1) is 58.3. The Balaban J connectivity index is 0.000000262. The number of hydrogen-bond acceptors (Lipinski definition) is 13. The molecule has 0 saturated carbocycles. The molecule has 0 spiro atoms. The van der Waals surface area contributed by atoms with Gasteiger partial charge in [-0.1, -0.05) is 81.2 Å². The summed E-state index contributed by atoms with van der Waals surface area (Å²) in [6.07, 6.45) is -25.1. The van der Waals surface area contributed by atoms with Crippen molar-refractivity contribution in [3.63, 3.8) is 0 Å². The fourth-order valence-corrected chi connectivity index (χ4v) is 14.5. The topological polar surface area (TPSA) is 107 Å². The van der Waals surface area contributed by atoms with E-state index in [9.17, 15) is 92.2 Å². The number of halogens is 28. The van der Waals surface area contributed by atoms with Crippen LogP contribution in [0.4, 0.5) is 104 Å². The van der Waals surface area contributed by atoms with Gasteiger partial charge in [-0.2, -0.15) is 92.2 Å².